The molecule has 0 amide bonds. The van der Waals surface area contributed by atoms with Crippen molar-refractivity contribution in [1.82, 2.24) is 0 Å². The van der Waals surface area contributed by atoms with Gasteiger partial charge in [-0.1, -0.05) is 19.8 Å². The van der Waals surface area contributed by atoms with Gasteiger partial charge in [0.15, 0.2) is 11.6 Å². The van der Waals surface area contributed by atoms with Crippen LogP contribution < -0.4 is 9.47 Å². The molecule has 1 heterocycles. The molecule has 1 fully saturated rings. The summed E-state index contributed by atoms with van der Waals surface area (Å²) in [6.07, 6.45) is -6.32. The zero-order chi connectivity index (χ0) is 25.8. The quantitative estimate of drug-likeness (QED) is 0.260. The van der Waals surface area contributed by atoms with Crippen LogP contribution >= 0.6 is 0 Å². The summed E-state index contributed by atoms with van der Waals surface area (Å²) in [4.78, 5) is 0. The van der Waals surface area contributed by atoms with Crippen molar-refractivity contribution in [2.75, 3.05) is 13.2 Å². The fraction of sp³-hybridized carbons (Fsp3) is 0.391. The molecular formula is C23H20F8O4. The number of benzene rings is 2. The van der Waals surface area contributed by atoms with Crippen LogP contribution in [0.3, 0.4) is 0 Å². The van der Waals surface area contributed by atoms with E-state index in [1.54, 1.807) is 0 Å². The third-order valence-electron chi connectivity index (χ3n) is 5.05. The Labute approximate surface area is 195 Å². The maximum absolute atomic E-state index is 14.6. The van der Waals surface area contributed by atoms with E-state index in [-0.39, 0.29) is 19.1 Å². The van der Waals surface area contributed by atoms with Gasteiger partial charge in [-0.25, -0.2) is 13.2 Å². The third-order valence-corrected chi connectivity index (χ3v) is 5.05. The van der Waals surface area contributed by atoms with Crippen molar-refractivity contribution >= 4 is 0 Å². The van der Waals surface area contributed by atoms with E-state index in [1.807, 2.05) is 6.92 Å². The van der Waals surface area contributed by atoms with Gasteiger partial charge >= 0.3 is 18.2 Å². The average molecular weight is 512 g/mol. The molecule has 0 bridgehead atoms. The van der Waals surface area contributed by atoms with Gasteiger partial charge in [-0.15, -0.1) is 0 Å². The smallest absolute Gasteiger partial charge is 0.429 e. The molecule has 1 aliphatic rings. The molecule has 4 nitrogen and oxygen atoms in total. The van der Waals surface area contributed by atoms with E-state index in [1.165, 1.54) is 0 Å². The number of unbranched alkanes of at least 4 members (excludes halogenated alkanes) is 1. The molecule has 35 heavy (non-hydrogen) atoms. The molecule has 0 spiro atoms. The molecule has 0 N–H and O–H groups in total. The number of hydrogen-bond acceptors (Lipinski definition) is 4. The van der Waals surface area contributed by atoms with Crippen molar-refractivity contribution in [2.24, 2.45) is 5.92 Å². The van der Waals surface area contributed by atoms with E-state index < -0.39 is 64.6 Å². The van der Waals surface area contributed by atoms with Gasteiger partial charge in [0.05, 0.1) is 13.2 Å². The predicted octanol–water partition coefficient (Wildman–Crippen LogP) is 7.34. The summed E-state index contributed by atoms with van der Waals surface area (Å²) in [7, 11) is 0. The molecule has 1 aliphatic heterocycles. The Morgan fingerprint density at radius 2 is 1.60 bits per heavy atom. The van der Waals surface area contributed by atoms with Gasteiger partial charge in [0.1, 0.15) is 11.6 Å². The first-order valence-corrected chi connectivity index (χ1v) is 10.5. The largest absolute Gasteiger partial charge is 0.451 e. The van der Waals surface area contributed by atoms with Crippen molar-refractivity contribution in [1.29, 1.82) is 0 Å². The highest BCUT2D eigenvalue weighted by Gasteiger charge is 2.47. The predicted molar refractivity (Wildman–Crippen MR) is 107 cm³/mol. The Balaban J connectivity index is 1.73. The lowest BCUT2D eigenvalue weighted by molar-refractivity contribution is -0.352. The molecular weight excluding hydrogens is 492 g/mol. The lowest BCUT2D eigenvalue weighted by Gasteiger charge is -2.33. The van der Waals surface area contributed by atoms with Gasteiger partial charge in [-0.05, 0) is 36.2 Å². The van der Waals surface area contributed by atoms with Crippen LogP contribution in [0.15, 0.2) is 42.4 Å². The summed E-state index contributed by atoms with van der Waals surface area (Å²) in [6, 6.07) is 0.853. The SMILES string of the molecule is CCCCC1COC(C(F)(F)Oc2ccc(-c3cc(F)c(OC(F)=C(F)F)c(F)c3)c(F)c2)OC1. The van der Waals surface area contributed by atoms with E-state index in [9.17, 15) is 35.1 Å². The average Bonchev–Trinajstić information content (AvgIpc) is 2.79. The van der Waals surface area contributed by atoms with E-state index >= 15 is 0 Å². The van der Waals surface area contributed by atoms with Crippen LogP contribution in [0.4, 0.5) is 35.1 Å². The Kier molecular flexibility index (Phi) is 8.60. The Bertz CT molecular complexity index is 1040. The number of halogens is 8. The summed E-state index contributed by atoms with van der Waals surface area (Å²) < 4.78 is 127. The van der Waals surface area contributed by atoms with E-state index in [0.29, 0.717) is 18.2 Å². The first-order valence-electron chi connectivity index (χ1n) is 10.5. The molecule has 192 valence electrons. The summed E-state index contributed by atoms with van der Waals surface area (Å²) >= 11 is 0. The van der Waals surface area contributed by atoms with Crippen molar-refractivity contribution in [3.05, 3.63) is 59.9 Å². The molecule has 2 aromatic rings. The van der Waals surface area contributed by atoms with Crippen LogP contribution in [0.5, 0.6) is 11.5 Å². The Hall–Kier alpha value is -2.86. The van der Waals surface area contributed by atoms with E-state index in [0.717, 1.165) is 31.4 Å². The zero-order valence-corrected chi connectivity index (χ0v) is 18.2. The number of rotatable bonds is 9. The summed E-state index contributed by atoms with van der Waals surface area (Å²) in [5.74, 6) is -6.53. The molecule has 0 aromatic heterocycles. The molecule has 1 saturated heterocycles. The van der Waals surface area contributed by atoms with Crippen LogP contribution in [-0.4, -0.2) is 25.6 Å². The minimum Gasteiger partial charge on any atom is -0.429 e. The fourth-order valence-electron chi connectivity index (χ4n) is 3.34. The maximum atomic E-state index is 14.6. The highest BCUT2D eigenvalue weighted by atomic mass is 19.3. The summed E-state index contributed by atoms with van der Waals surface area (Å²) in [5.41, 5.74) is -0.882. The maximum Gasteiger partial charge on any atom is 0.451 e. The summed E-state index contributed by atoms with van der Waals surface area (Å²) in [5, 5.41) is 0. The summed E-state index contributed by atoms with van der Waals surface area (Å²) in [6.45, 7) is 2.09. The Morgan fingerprint density at radius 1 is 0.971 bits per heavy atom. The normalized spacial score (nSPS) is 18.3. The van der Waals surface area contributed by atoms with Gasteiger partial charge in [-0.2, -0.15) is 22.0 Å². The van der Waals surface area contributed by atoms with Crippen molar-refractivity contribution in [3.8, 4) is 22.6 Å². The van der Waals surface area contributed by atoms with Crippen LogP contribution in [0, 0.1) is 23.4 Å². The number of hydrogen-bond donors (Lipinski definition) is 0. The molecule has 3 rings (SSSR count). The minimum atomic E-state index is -3.97. The zero-order valence-electron chi connectivity index (χ0n) is 18.2. The van der Waals surface area contributed by atoms with Gasteiger partial charge in [0.25, 0.3) is 6.29 Å². The van der Waals surface area contributed by atoms with Crippen LogP contribution in [-0.2, 0) is 9.47 Å². The topological polar surface area (TPSA) is 36.9 Å². The highest BCUT2D eigenvalue weighted by molar-refractivity contribution is 5.66. The van der Waals surface area contributed by atoms with Crippen LogP contribution in [0.2, 0.25) is 0 Å². The first kappa shape index (κ1) is 26.7. The number of alkyl halides is 2. The molecule has 0 atom stereocenters. The third kappa shape index (κ3) is 6.63. The number of ether oxygens (including phenoxy) is 4. The van der Waals surface area contributed by atoms with Crippen molar-refractivity contribution in [3.63, 3.8) is 0 Å². The van der Waals surface area contributed by atoms with E-state index in [2.05, 4.69) is 9.47 Å². The van der Waals surface area contributed by atoms with Crippen LogP contribution in [0.1, 0.15) is 26.2 Å². The molecule has 0 radical (unpaired) electrons. The van der Waals surface area contributed by atoms with Gasteiger partial charge in [-0.3, -0.25) is 0 Å². The standard InChI is InChI=1S/C23H20F8O4/c1-2-3-4-12-10-32-22(33-11-12)23(30,31)35-14-5-6-15(16(24)9-14)13-7-17(25)19(18(26)8-13)34-21(29)20(27)28/h5-9,12,22H,2-4,10-11H2,1H3. The molecule has 0 unspecified atom stereocenters. The van der Waals surface area contributed by atoms with Crippen molar-refractivity contribution < 1.29 is 54.1 Å². The molecule has 0 saturated carbocycles. The fourth-order valence-corrected chi connectivity index (χ4v) is 3.34. The second-order valence-corrected chi connectivity index (χ2v) is 7.72. The lowest BCUT2D eigenvalue weighted by atomic mass is 10.0. The van der Waals surface area contributed by atoms with Crippen LogP contribution in [0.25, 0.3) is 11.1 Å². The van der Waals surface area contributed by atoms with Gasteiger partial charge in [0.2, 0.25) is 5.75 Å². The Morgan fingerprint density at radius 3 is 2.14 bits per heavy atom. The highest BCUT2D eigenvalue weighted by Crippen LogP contribution is 2.35. The first-order chi connectivity index (χ1) is 16.5. The van der Waals surface area contributed by atoms with Gasteiger partial charge < -0.3 is 18.9 Å². The molecule has 0 aliphatic carbocycles. The second kappa shape index (κ2) is 11.3. The van der Waals surface area contributed by atoms with Crippen molar-refractivity contribution in [2.45, 2.75) is 38.6 Å². The van der Waals surface area contributed by atoms with Gasteiger partial charge in [0, 0.05) is 17.5 Å². The lowest BCUT2D eigenvalue weighted by Crippen LogP contribution is -2.47. The second-order valence-electron chi connectivity index (χ2n) is 7.72. The monoisotopic (exact) mass is 512 g/mol. The van der Waals surface area contributed by atoms with E-state index in [4.69, 9.17) is 9.47 Å². The molecule has 2 aromatic carbocycles. The minimum absolute atomic E-state index is 0.0279. The molecule has 12 heteroatoms.